The molecule has 0 bridgehead atoms. The third kappa shape index (κ3) is 4.35. The molecule has 7 nitrogen and oxygen atoms in total. The van der Waals surface area contributed by atoms with Crippen molar-refractivity contribution >= 4 is 17.7 Å². The highest BCUT2D eigenvalue weighted by Gasteiger charge is 2.30. The molecule has 0 aromatic heterocycles. The number of nitrogens with one attached hydrogen (secondary N) is 2. The van der Waals surface area contributed by atoms with E-state index in [4.69, 9.17) is 4.74 Å². The van der Waals surface area contributed by atoms with Gasteiger partial charge in [0.15, 0.2) is 6.04 Å². The van der Waals surface area contributed by atoms with Crippen LogP contribution < -0.4 is 19.9 Å². The number of anilines is 1. The van der Waals surface area contributed by atoms with Gasteiger partial charge in [-0.05, 0) is 19.1 Å². The molecule has 1 fully saturated rings. The third-order valence-electron chi connectivity index (χ3n) is 4.24. The van der Waals surface area contributed by atoms with E-state index in [-0.39, 0.29) is 11.9 Å². The second-order valence-corrected chi connectivity index (χ2v) is 5.55. The van der Waals surface area contributed by atoms with E-state index in [1.165, 1.54) is 7.11 Å². The Balaban J connectivity index is 1.90. The molecule has 1 aliphatic rings. The molecule has 1 aromatic carbocycles. The highest BCUT2D eigenvalue weighted by atomic mass is 16.5. The van der Waals surface area contributed by atoms with Gasteiger partial charge in [0.05, 0.1) is 40.4 Å². The maximum absolute atomic E-state index is 12.0. The second-order valence-electron chi connectivity index (χ2n) is 5.55. The van der Waals surface area contributed by atoms with Crippen molar-refractivity contribution in [2.75, 3.05) is 45.3 Å². The topological polar surface area (TPSA) is 72.3 Å². The minimum atomic E-state index is -0.712. The summed E-state index contributed by atoms with van der Waals surface area (Å²) in [5, 5.41) is 2.23. The van der Waals surface area contributed by atoms with Gasteiger partial charge in [-0.2, -0.15) is 0 Å². The van der Waals surface area contributed by atoms with Crippen molar-refractivity contribution in [3.8, 4) is 5.75 Å². The summed E-state index contributed by atoms with van der Waals surface area (Å²) in [5.74, 6) is 0.532. The molecule has 0 radical (unpaired) electrons. The highest BCUT2D eigenvalue weighted by molar-refractivity contribution is 5.93. The largest absolute Gasteiger partial charge is 0.497 e. The van der Waals surface area contributed by atoms with Crippen molar-refractivity contribution < 1.29 is 24.0 Å². The van der Waals surface area contributed by atoms with Crippen molar-refractivity contribution in [2.45, 2.75) is 13.0 Å². The number of alkyl carbamates (subject to hydrolysis) is 1. The summed E-state index contributed by atoms with van der Waals surface area (Å²) in [6.45, 7) is 5.17. The summed E-state index contributed by atoms with van der Waals surface area (Å²) in [5.41, 5.74) is 1.12. The van der Waals surface area contributed by atoms with Crippen LogP contribution in [-0.2, 0) is 9.53 Å². The molecule has 1 heterocycles. The number of methoxy groups -OCH3 is 2. The number of amides is 2. The number of ether oxygens (including phenoxy) is 2. The number of nitrogens with zero attached hydrogens (tertiary/aromatic N) is 1. The van der Waals surface area contributed by atoms with Gasteiger partial charge in [0.25, 0.3) is 5.91 Å². The molecule has 2 N–H and O–H groups in total. The van der Waals surface area contributed by atoms with E-state index in [1.807, 2.05) is 25.1 Å². The van der Waals surface area contributed by atoms with Gasteiger partial charge in [-0.1, -0.05) is 6.07 Å². The minimum absolute atomic E-state index is 0.290. The predicted molar refractivity (Wildman–Crippen MR) is 85.9 cm³/mol. The Bertz CT molecular complexity index is 556. The first-order valence-electron chi connectivity index (χ1n) is 7.67. The van der Waals surface area contributed by atoms with Crippen LogP contribution >= 0.6 is 0 Å². The molecule has 1 saturated heterocycles. The molecule has 1 aromatic rings. The first-order valence-corrected chi connectivity index (χ1v) is 7.67. The summed E-state index contributed by atoms with van der Waals surface area (Å²) in [4.78, 5) is 26.5. The molecule has 2 amide bonds. The van der Waals surface area contributed by atoms with E-state index >= 15 is 0 Å². The molecule has 0 spiro atoms. The second kappa shape index (κ2) is 7.82. The first-order chi connectivity index (χ1) is 11.0. The number of hydrogen-bond acceptors (Lipinski definition) is 5. The van der Waals surface area contributed by atoms with Crippen LogP contribution in [0.1, 0.15) is 6.92 Å². The fraction of sp³-hybridized carbons (Fsp3) is 0.500. The van der Waals surface area contributed by atoms with Gasteiger partial charge in [0.1, 0.15) is 5.75 Å². The number of hydrogen-bond donors (Lipinski definition) is 2. The number of benzene rings is 1. The number of imide groups is 1. The lowest BCUT2D eigenvalue weighted by Crippen LogP contribution is -3.19. The fourth-order valence-corrected chi connectivity index (χ4v) is 2.74. The molecule has 0 saturated carbocycles. The summed E-state index contributed by atoms with van der Waals surface area (Å²) in [7, 11) is 2.90. The average Bonchev–Trinajstić information content (AvgIpc) is 2.61. The van der Waals surface area contributed by atoms with Crippen LogP contribution in [0.2, 0.25) is 0 Å². The van der Waals surface area contributed by atoms with Crippen LogP contribution in [0.25, 0.3) is 0 Å². The highest BCUT2D eigenvalue weighted by Crippen LogP contribution is 2.20. The SMILES string of the molecule is COC(=O)NC(=O)[C@@H](C)[NH+]1CCN(c2cccc(OC)c2)CC1. The maximum Gasteiger partial charge on any atom is 0.413 e. The average molecular weight is 322 g/mol. The zero-order valence-electron chi connectivity index (χ0n) is 13.8. The lowest BCUT2D eigenvalue weighted by atomic mass is 10.2. The maximum atomic E-state index is 12.0. The predicted octanol–water partition coefficient (Wildman–Crippen LogP) is -0.329. The molecule has 0 unspecified atom stereocenters. The molecule has 126 valence electrons. The molecule has 1 aliphatic heterocycles. The minimum Gasteiger partial charge on any atom is -0.497 e. The Morgan fingerprint density at radius 3 is 2.57 bits per heavy atom. The van der Waals surface area contributed by atoms with Crippen LogP contribution in [0.15, 0.2) is 24.3 Å². The van der Waals surface area contributed by atoms with Crippen LogP contribution in [-0.4, -0.2) is 58.4 Å². The summed E-state index contributed by atoms with van der Waals surface area (Å²) in [6, 6.07) is 7.67. The molecular weight excluding hydrogens is 298 g/mol. The van der Waals surface area contributed by atoms with E-state index in [2.05, 4.69) is 21.0 Å². The quantitative estimate of drug-likeness (QED) is 0.794. The number of quaternary nitrogens is 1. The Labute approximate surface area is 136 Å². The van der Waals surface area contributed by atoms with Crippen LogP contribution in [0.3, 0.4) is 0 Å². The van der Waals surface area contributed by atoms with Crippen molar-refractivity contribution in [2.24, 2.45) is 0 Å². The lowest BCUT2D eigenvalue weighted by Gasteiger charge is -2.35. The lowest BCUT2D eigenvalue weighted by molar-refractivity contribution is -0.914. The smallest absolute Gasteiger partial charge is 0.413 e. The Kier molecular flexibility index (Phi) is 5.81. The molecule has 0 aliphatic carbocycles. The van der Waals surface area contributed by atoms with E-state index in [1.54, 1.807) is 7.11 Å². The molecular formula is C16H24N3O4+. The van der Waals surface area contributed by atoms with Gasteiger partial charge in [0.2, 0.25) is 0 Å². The van der Waals surface area contributed by atoms with E-state index in [0.29, 0.717) is 0 Å². The summed E-state index contributed by atoms with van der Waals surface area (Å²) in [6.07, 6.45) is -0.712. The van der Waals surface area contributed by atoms with Gasteiger partial charge in [-0.25, -0.2) is 4.79 Å². The Morgan fingerprint density at radius 2 is 1.96 bits per heavy atom. The van der Waals surface area contributed by atoms with E-state index < -0.39 is 6.09 Å². The van der Waals surface area contributed by atoms with Crippen molar-refractivity contribution in [1.29, 1.82) is 0 Å². The molecule has 7 heteroatoms. The monoisotopic (exact) mass is 322 g/mol. The molecule has 2 rings (SSSR count). The zero-order valence-corrected chi connectivity index (χ0v) is 13.8. The van der Waals surface area contributed by atoms with Crippen LogP contribution in [0, 0.1) is 0 Å². The first kappa shape index (κ1) is 17.1. The summed E-state index contributed by atoms with van der Waals surface area (Å²) < 4.78 is 9.71. The van der Waals surface area contributed by atoms with Gasteiger partial charge in [-0.3, -0.25) is 10.1 Å². The number of rotatable bonds is 4. The van der Waals surface area contributed by atoms with E-state index in [0.717, 1.165) is 42.5 Å². The van der Waals surface area contributed by atoms with Gasteiger partial charge in [0, 0.05) is 11.8 Å². The van der Waals surface area contributed by atoms with Gasteiger partial charge in [-0.15, -0.1) is 0 Å². The van der Waals surface area contributed by atoms with Crippen LogP contribution in [0.4, 0.5) is 10.5 Å². The van der Waals surface area contributed by atoms with Crippen molar-refractivity contribution in [3.63, 3.8) is 0 Å². The number of carbonyl (C=O) groups is 2. The van der Waals surface area contributed by atoms with Gasteiger partial charge >= 0.3 is 6.09 Å². The molecule has 1 atom stereocenters. The van der Waals surface area contributed by atoms with Crippen molar-refractivity contribution in [3.05, 3.63) is 24.3 Å². The van der Waals surface area contributed by atoms with Crippen LogP contribution in [0.5, 0.6) is 5.75 Å². The Hall–Kier alpha value is -2.28. The van der Waals surface area contributed by atoms with Crippen molar-refractivity contribution in [1.82, 2.24) is 5.32 Å². The normalized spacial score (nSPS) is 16.6. The summed E-state index contributed by atoms with van der Waals surface area (Å²) >= 11 is 0. The fourth-order valence-electron chi connectivity index (χ4n) is 2.74. The Morgan fingerprint density at radius 1 is 1.26 bits per heavy atom. The molecule has 23 heavy (non-hydrogen) atoms. The zero-order chi connectivity index (χ0) is 16.8. The number of piperazine rings is 1. The number of carbonyl (C=O) groups excluding carboxylic acids is 2. The standard InChI is InChI=1S/C16H23N3O4/c1-12(15(20)17-16(21)23-3)18-7-9-19(10-8-18)13-5-4-6-14(11-13)22-2/h4-6,11-12H,7-10H2,1-3H3,(H,17,20,21)/p+1/t12-/m1/s1. The van der Waals surface area contributed by atoms with E-state index in [9.17, 15) is 9.59 Å². The van der Waals surface area contributed by atoms with Gasteiger partial charge < -0.3 is 19.3 Å². The third-order valence-corrected chi connectivity index (χ3v) is 4.24.